The molecule has 2 nitrogen and oxygen atoms in total. The molecule has 0 amide bonds. The molecule has 2 aromatic carbocycles. The summed E-state index contributed by atoms with van der Waals surface area (Å²) in [4.78, 5) is 1.12. The van der Waals surface area contributed by atoms with Crippen molar-refractivity contribution in [1.29, 1.82) is 0 Å². The van der Waals surface area contributed by atoms with E-state index in [1.54, 1.807) is 18.9 Å². The van der Waals surface area contributed by atoms with Crippen LogP contribution in [0.1, 0.15) is 10.8 Å². The molecule has 3 heteroatoms. The number of methoxy groups -OCH3 is 1. The molecule has 1 N–H and O–H groups in total. The maximum absolute atomic E-state index is 9.50. The van der Waals surface area contributed by atoms with E-state index in [1.807, 2.05) is 54.6 Å². The molecule has 0 aromatic heterocycles. The number of hydrogen-bond acceptors (Lipinski definition) is 3. The fraction of sp³-hybridized carbons (Fsp3) is 0.200. The Balaban J connectivity index is 2.10. The Hall–Kier alpha value is -1.45. The number of thioether (sulfide) groups is 1. The fourth-order valence-electron chi connectivity index (χ4n) is 1.70. The first kappa shape index (κ1) is 13.0. The lowest BCUT2D eigenvalue weighted by molar-refractivity contribution is 0.296. The molecule has 0 aliphatic carbocycles. The molecule has 0 fully saturated rings. The first-order valence-corrected chi connectivity index (χ1v) is 6.68. The third-order valence-electron chi connectivity index (χ3n) is 2.67. The van der Waals surface area contributed by atoms with Crippen LogP contribution in [-0.4, -0.2) is 18.8 Å². The van der Waals surface area contributed by atoms with E-state index in [9.17, 15) is 5.11 Å². The van der Waals surface area contributed by atoms with Crippen LogP contribution < -0.4 is 4.74 Å². The molecule has 1 unspecified atom stereocenters. The molecule has 2 aromatic rings. The van der Waals surface area contributed by atoms with E-state index in [1.165, 1.54) is 0 Å². The maximum Gasteiger partial charge on any atom is 0.118 e. The fourth-order valence-corrected chi connectivity index (χ4v) is 2.69. The second-order valence-corrected chi connectivity index (χ2v) is 5.15. The molecule has 0 heterocycles. The van der Waals surface area contributed by atoms with E-state index in [0.717, 1.165) is 16.2 Å². The van der Waals surface area contributed by atoms with E-state index in [2.05, 4.69) is 0 Å². The molecule has 0 radical (unpaired) electrons. The maximum atomic E-state index is 9.50. The summed E-state index contributed by atoms with van der Waals surface area (Å²) in [5.74, 6) is 0.847. The summed E-state index contributed by atoms with van der Waals surface area (Å²) in [5.41, 5.74) is 1.14. The van der Waals surface area contributed by atoms with Gasteiger partial charge in [0.2, 0.25) is 0 Å². The van der Waals surface area contributed by atoms with Gasteiger partial charge in [-0.3, -0.25) is 0 Å². The van der Waals surface area contributed by atoms with Crippen LogP contribution in [0.3, 0.4) is 0 Å². The molecular formula is C15H16O2S. The molecule has 18 heavy (non-hydrogen) atoms. The molecule has 0 aliphatic rings. The summed E-state index contributed by atoms with van der Waals surface area (Å²) >= 11 is 1.66. The van der Waals surface area contributed by atoms with Gasteiger partial charge in [-0.2, -0.15) is 0 Å². The molecule has 94 valence electrons. The van der Waals surface area contributed by atoms with Crippen molar-refractivity contribution in [3.8, 4) is 5.75 Å². The standard InChI is InChI=1S/C15H16O2S/c1-17-13-7-9-14(10-8-13)18-15(11-16)12-5-3-2-4-6-12/h2-10,15-16H,11H2,1H3. The van der Waals surface area contributed by atoms with Gasteiger partial charge < -0.3 is 9.84 Å². The summed E-state index contributed by atoms with van der Waals surface area (Å²) in [6, 6.07) is 17.9. The van der Waals surface area contributed by atoms with Crippen LogP contribution >= 0.6 is 11.8 Å². The van der Waals surface area contributed by atoms with Gasteiger partial charge in [-0.05, 0) is 29.8 Å². The summed E-state index contributed by atoms with van der Waals surface area (Å²) in [5, 5.41) is 9.57. The number of benzene rings is 2. The lowest BCUT2D eigenvalue weighted by atomic mass is 10.2. The average Bonchev–Trinajstić information content (AvgIpc) is 2.46. The summed E-state index contributed by atoms with van der Waals surface area (Å²) in [7, 11) is 1.66. The van der Waals surface area contributed by atoms with Crippen molar-refractivity contribution in [2.45, 2.75) is 10.1 Å². The molecular weight excluding hydrogens is 244 g/mol. The second-order valence-electron chi connectivity index (χ2n) is 3.88. The predicted molar refractivity (Wildman–Crippen MR) is 75.1 cm³/mol. The number of rotatable bonds is 5. The Labute approximate surface area is 112 Å². The minimum atomic E-state index is 0.0691. The average molecular weight is 260 g/mol. The molecule has 0 saturated carbocycles. The lowest BCUT2D eigenvalue weighted by Gasteiger charge is -2.14. The second kappa shape index (κ2) is 6.47. The SMILES string of the molecule is COc1ccc(SC(CO)c2ccccc2)cc1. The first-order chi connectivity index (χ1) is 8.83. The van der Waals surface area contributed by atoms with Crippen LogP contribution in [0.15, 0.2) is 59.5 Å². The van der Waals surface area contributed by atoms with Crippen LogP contribution in [0.2, 0.25) is 0 Å². The third kappa shape index (κ3) is 3.28. The van der Waals surface area contributed by atoms with Crippen molar-refractivity contribution in [1.82, 2.24) is 0 Å². The van der Waals surface area contributed by atoms with Crippen molar-refractivity contribution in [3.05, 3.63) is 60.2 Å². The largest absolute Gasteiger partial charge is 0.497 e. The Morgan fingerprint density at radius 2 is 1.72 bits per heavy atom. The number of hydrogen-bond donors (Lipinski definition) is 1. The highest BCUT2D eigenvalue weighted by atomic mass is 32.2. The highest BCUT2D eigenvalue weighted by molar-refractivity contribution is 7.99. The zero-order valence-corrected chi connectivity index (χ0v) is 11.1. The molecule has 2 rings (SSSR count). The minimum Gasteiger partial charge on any atom is -0.497 e. The van der Waals surface area contributed by atoms with Gasteiger partial charge in [-0.25, -0.2) is 0 Å². The highest BCUT2D eigenvalue weighted by Crippen LogP contribution is 2.35. The zero-order valence-electron chi connectivity index (χ0n) is 10.2. The van der Waals surface area contributed by atoms with E-state index in [-0.39, 0.29) is 11.9 Å². The number of aliphatic hydroxyl groups excluding tert-OH is 1. The van der Waals surface area contributed by atoms with E-state index >= 15 is 0 Å². The van der Waals surface area contributed by atoms with Gasteiger partial charge in [-0.15, -0.1) is 11.8 Å². The number of ether oxygens (including phenoxy) is 1. The van der Waals surface area contributed by atoms with Gasteiger partial charge in [0, 0.05) is 4.90 Å². The molecule has 1 atom stereocenters. The monoisotopic (exact) mass is 260 g/mol. The minimum absolute atomic E-state index is 0.0691. The van der Waals surface area contributed by atoms with Crippen LogP contribution in [0, 0.1) is 0 Å². The van der Waals surface area contributed by atoms with Gasteiger partial charge >= 0.3 is 0 Å². The highest BCUT2D eigenvalue weighted by Gasteiger charge is 2.11. The van der Waals surface area contributed by atoms with Crippen molar-refractivity contribution in [2.75, 3.05) is 13.7 Å². The summed E-state index contributed by atoms with van der Waals surface area (Å²) < 4.78 is 5.13. The summed E-state index contributed by atoms with van der Waals surface area (Å²) in [6.07, 6.45) is 0. The summed E-state index contributed by atoms with van der Waals surface area (Å²) in [6.45, 7) is 0.126. The smallest absolute Gasteiger partial charge is 0.118 e. The molecule has 0 bridgehead atoms. The van der Waals surface area contributed by atoms with E-state index < -0.39 is 0 Å². The Kier molecular flexibility index (Phi) is 4.67. The van der Waals surface area contributed by atoms with Gasteiger partial charge in [0.15, 0.2) is 0 Å². The van der Waals surface area contributed by atoms with Crippen LogP contribution in [-0.2, 0) is 0 Å². The lowest BCUT2D eigenvalue weighted by Crippen LogP contribution is -1.99. The Morgan fingerprint density at radius 1 is 1.06 bits per heavy atom. The predicted octanol–water partition coefficient (Wildman–Crippen LogP) is 3.52. The topological polar surface area (TPSA) is 29.5 Å². The van der Waals surface area contributed by atoms with Crippen LogP contribution in [0.4, 0.5) is 0 Å². The van der Waals surface area contributed by atoms with Crippen LogP contribution in [0.25, 0.3) is 0 Å². The van der Waals surface area contributed by atoms with Crippen molar-refractivity contribution in [3.63, 3.8) is 0 Å². The Bertz CT molecular complexity index is 468. The van der Waals surface area contributed by atoms with Crippen molar-refractivity contribution < 1.29 is 9.84 Å². The quantitative estimate of drug-likeness (QED) is 0.834. The third-order valence-corrected chi connectivity index (χ3v) is 3.93. The van der Waals surface area contributed by atoms with E-state index in [4.69, 9.17) is 4.74 Å². The molecule has 0 aliphatic heterocycles. The zero-order chi connectivity index (χ0) is 12.8. The van der Waals surface area contributed by atoms with Gasteiger partial charge in [0.25, 0.3) is 0 Å². The number of aliphatic hydroxyl groups is 1. The van der Waals surface area contributed by atoms with Gasteiger partial charge in [0.1, 0.15) is 5.75 Å². The normalized spacial score (nSPS) is 12.1. The van der Waals surface area contributed by atoms with Crippen LogP contribution in [0.5, 0.6) is 5.75 Å². The van der Waals surface area contributed by atoms with Gasteiger partial charge in [-0.1, -0.05) is 30.3 Å². The van der Waals surface area contributed by atoms with Gasteiger partial charge in [0.05, 0.1) is 19.0 Å². The first-order valence-electron chi connectivity index (χ1n) is 5.80. The Morgan fingerprint density at radius 3 is 2.28 bits per heavy atom. The van der Waals surface area contributed by atoms with E-state index in [0.29, 0.717) is 0 Å². The van der Waals surface area contributed by atoms with Crippen molar-refractivity contribution >= 4 is 11.8 Å². The van der Waals surface area contributed by atoms with Crippen molar-refractivity contribution in [2.24, 2.45) is 0 Å². The molecule has 0 spiro atoms. The molecule has 0 saturated heterocycles.